The van der Waals surface area contributed by atoms with Crippen LogP contribution in [-0.4, -0.2) is 16.0 Å². The fraction of sp³-hybridized carbons (Fsp3) is 0.571. The summed E-state index contributed by atoms with van der Waals surface area (Å²) in [6, 6.07) is 4.13. The molecule has 3 nitrogen and oxygen atoms in total. The van der Waals surface area contributed by atoms with Crippen LogP contribution in [0.15, 0.2) is 18.3 Å². The van der Waals surface area contributed by atoms with Crippen LogP contribution < -0.4 is 11.1 Å². The molecule has 1 unspecified atom stereocenters. The van der Waals surface area contributed by atoms with E-state index in [9.17, 15) is 0 Å². The van der Waals surface area contributed by atoms with E-state index in [0.29, 0.717) is 11.0 Å². The summed E-state index contributed by atoms with van der Waals surface area (Å²) < 4.78 is 0. The topological polar surface area (TPSA) is 50.9 Å². The maximum atomic E-state index is 5.68. The smallest absolute Gasteiger partial charge is 0.136 e. The number of pyridine rings is 1. The van der Waals surface area contributed by atoms with Crippen LogP contribution in [0.4, 0.5) is 5.82 Å². The number of nitrogens with zero attached hydrogens (tertiary/aromatic N) is 1. The maximum Gasteiger partial charge on any atom is 0.136 e. The summed E-state index contributed by atoms with van der Waals surface area (Å²) in [5.74, 6) is 1.56. The van der Waals surface area contributed by atoms with Crippen molar-refractivity contribution >= 4 is 23.0 Å². The zero-order valence-electron chi connectivity index (χ0n) is 11.4. The van der Waals surface area contributed by atoms with Gasteiger partial charge >= 0.3 is 0 Å². The molecule has 0 aliphatic rings. The number of hydrogen-bond donors (Lipinski definition) is 2. The van der Waals surface area contributed by atoms with E-state index < -0.39 is 0 Å². The van der Waals surface area contributed by atoms with Gasteiger partial charge in [-0.3, -0.25) is 0 Å². The molecule has 1 heterocycles. The molecule has 0 radical (unpaired) electrons. The second-order valence-corrected chi connectivity index (χ2v) is 5.57. The van der Waals surface area contributed by atoms with Gasteiger partial charge in [0.2, 0.25) is 0 Å². The van der Waals surface area contributed by atoms with Crippen molar-refractivity contribution < 1.29 is 0 Å². The van der Waals surface area contributed by atoms with Crippen molar-refractivity contribution in [2.45, 2.75) is 46.1 Å². The Morgan fingerprint density at radius 2 is 2.11 bits per heavy atom. The maximum absolute atomic E-state index is 5.68. The molecular formula is C14H23N3S. The van der Waals surface area contributed by atoms with E-state index in [0.717, 1.165) is 23.7 Å². The van der Waals surface area contributed by atoms with Crippen LogP contribution in [0.3, 0.4) is 0 Å². The number of nitrogens with two attached hydrogens (primary N) is 1. The molecule has 1 atom stereocenters. The van der Waals surface area contributed by atoms with Gasteiger partial charge in [0.1, 0.15) is 10.8 Å². The summed E-state index contributed by atoms with van der Waals surface area (Å²) in [4.78, 5) is 4.69. The predicted molar refractivity (Wildman–Crippen MR) is 81.9 cm³/mol. The molecule has 1 rings (SSSR count). The van der Waals surface area contributed by atoms with Crippen molar-refractivity contribution in [3.05, 3.63) is 23.9 Å². The largest absolute Gasteiger partial charge is 0.389 e. The summed E-state index contributed by atoms with van der Waals surface area (Å²) in [6.07, 6.45) is 5.37. The molecule has 0 aromatic carbocycles. The zero-order valence-corrected chi connectivity index (χ0v) is 12.3. The molecule has 4 heteroatoms. The molecule has 3 N–H and O–H groups in total. The average Bonchev–Trinajstić information content (AvgIpc) is 2.28. The molecule has 0 amide bonds. The molecule has 1 aromatic heterocycles. The fourth-order valence-electron chi connectivity index (χ4n) is 1.86. The molecule has 0 saturated carbocycles. The highest BCUT2D eigenvalue weighted by Crippen LogP contribution is 2.15. The van der Waals surface area contributed by atoms with Gasteiger partial charge in [-0.1, -0.05) is 38.9 Å². The van der Waals surface area contributed by atoms with Gasteiger partial charge in [-0.25, -0.2) is 4.98 Å². The molecule has 0 saturated heterocycles. The van der Waals surface area contributed by atoms with Crippen molar-refractivity contribution in [1.29, 1.82) is 0 Å². The second-order valence-electron chi connectivity index (χ2n) is 5.13. The van der Waals surface area contributed by atoms with Crippen LogP contribution in [-0.2, 0) is 0 Å². The molecule has 0 aliphatic heterocycles. The third kappa shape index (κ3) is 5.00. The first-order valence-electron chi connectivity index (χ1n) is 6.52. The molecular weight excluding hydrogens is 242 g/mol. The van der Waals surface area contributed by atoms with Gasteiger partial charge in [0.05, 0.1) is 5.56 Å². The molecule has 18 heavy (non-hydrogen) atoms. The molecule has 100 valence electrons. The first-order valence-corrected chi connectivity index (χ1v) is 6.93. The van der Waals surface area contributed by atoms with Crippen LogP contribution in [0.1, 0.15) is 45.6 Å². The van der Waals surface area contributed by atoms with Crippen molar-refractivity contribution in [2.75, 3.05) is 5.32 Å². The highest BCUT2D eigenvalue weighted by Gasteiger charge is 2.09. The van der Waals surface area contributed by atoms with Crippen LogP contribution in [0.25, 0.3) is 0 Å². The van der Waals surface area contributed by atoms with Gasteiger partial charge in [0.15, 0.2) is 0 Å². The van der Waals surface area contributed by atoms with Crippen LogP contribution in [0.2, 0.25) is 0 Å². The van der Waals surface area contributed by atoms with Crippen LogP contribution in [0, 0.1) is 5.92 Å². The van der Waals surface area contributed by atoms with Crippen molar-refractivity contribution in [1.82, 2.24) is 4.98 Å². The predicted octanol–water partition coefficient (Wildman–Crippen LogP) is 3.34. The zero-order chi connectivity index (χ0) is 13.5. The number of anilines is 1. The Morgan fingerprint density at radius 1 is 1.39 bits per heavy atom. The second kappa shape index (κ2) is 7.31. The first-order chi connectivity index (χ1) is 8.50. The lowest BCUT2D eigenvalue weighted by atomic mass is 10.0. The van der Waals surface area contributed by atoms with Crippen molar-refractivity contribution in [2.24, 2.45) is 11.7 Å². The third-order valence-electron chi connectivity index (χ3n) is 2.87. The average molecular weight is 265 g/mol. The van der Waals surface area contributed by atoms with Gasteiger partial charge in [0, 0.05) is 12.2 Å². The summed E-state index contributed by atoms with van der Waals surface area (Å²) in [6.45, 7) is 6.67. The molecule has 1 aromatic rings. The van der Waals surface area contributed by atoms with Gasteiger partial charge < -0.3 is 11.1 Å². The normalized spacial score (nSPS) is 12.4. The monoisotopic (exact) mass is 265 g/mol. The van der Waals surface area contributed by atoms with Crippen LogP contribution >= 0.6 is 12.2 Å². The molecule has 0 fully saturated rings. The van der Waals surface area contributed by atoms with E-state index in [1.165, 1.54) is 12.8 Å². The Kier molecular flexibility index (Phi) is 6.05. The van der Waals surface area contributed by atoms with E-state index in [-0.39, 0.29) is 0 Å². The van der Waals surface area contributed by atoms with Gasteiger partial charge in [0.25, 0.3) is 0 Å². The lowest BCUT2D eigenvalue weighted by Crippen LogP contribution is -2.20. The van der Waals surface area contributed by atoms with E-state index >= 15 is 0 Å². The Hall–Kier alpha value is -1.16. The van der Waals surface area contributed by atoms with E-state index in [1.807, 2.05) is 12.1 Å². The molecule has 0 spiro atoms. The lowest BCUT2D eigenvalue weighted by molar-refractivity contribution is 0.520. The van der Waals surface area contributed by atoms with Gasteiger partial charge in [-0.15, -0.1) is 0 Å². The summed E-state index contributed by atoms with van der Waals surface area (Å²) in [5, 5.41) is 3.39. The van der Waals surface area contributed by atoms with E-state index in [2.05, 4.69) is 31.1 Å². The highest BCUT2D eigenvalue weighted by molar-refractivity contribution is 7.80. The minimum atomic E-state index is 0.381. The van der Waals surface area contributed by atoms with E-state index in [4.69, 9.17) is 18.0 Å². The number of hydrogen-bond acceptors (Lipinski definition) is 3. The number of aromatic nitrogens is 1. The highest BCUT2D eigenvalue weighted by atomic mass is 32.1. The summed E-state index contributed by atoms with van der Waals surface area (Å²) in [5.41, 5.74) is 6.50. The Bertz CT molecular complexity index is 390. The van der Waals surface area contributed by atoms with Crippen molar-refractivity contribution in [3.8, 4) is 0 Å². The van der Waals surface area contributed by atoms with Gasteiger partial charge in [-0.05, 0) is 31.4 Å². The number of thiocarbonyl (C=S) groups is 1. The van der Waals surface area contributed by atoms with E-state index in [1.54, 1.807) is 6.20 Å². The lowest BCUT2D eigenvalue weighted by Gasteiger charge is -2.17. The van der Waals surface area contributed by atoms with Crippen molar-refractivity contribution in [3.63, 3.8) is 0 Å². The van der Waals surface area contributed by atoms with Gasteiger partial charge in [-0.2, -0.15) is 0 Å². The fourth-order valence-corrected chi connectivity index (χ4v) is 2.02. The molecule has 0 aliphatic carbocycles. The quantitative estimate of drug-likeness (QED) is 0.742. The number of rotatable bonds is 7. The number of nitrogens with one attached hydrogen (secondary N) is 1. The molecule has 0 bridgehead atoms. The standard InChI is InChI=1S/C14H23N3S/c1-10(2)6-4-7-11(3)17-14-12(13(15)18)8-5-9-16-14/h5,8-11H,4,6-7H2,1-3H3,(H2,15,18)(H,16,17). The SMILES string of the molecule is CC(C)CCCC(C)Nc1ncccc1C(N)=S. The third-order valence-corrected chi connectivity index (χ3v) is 3.09. The Balaban J connectivity index is 2.53. The Labute approximate surface area is 115 Å². The summed E-state index contributed by atoms with van der Waals surface area (Å²) in [7, 11) is 0. The van der Waals surface area contributed by atoms with Crippen LogP contribution in [0.5, 0.6) is 0 Å². The first kappa shape index (κ1) is 14.9. The minimum Gasteiger partial charge on any atom is -0.389 e. The Morgan fingerprint density at radius 3 is 2.72 bits per heavy atom. The summed E-state index contributed by atoms with van der Waals surface area (Å²) >= 11 is 5.02. The minimum absolute atomic E-state index is 0.381.